The molecule has 20 heavy (non-hydrogen) atoms. The molecular formula is C13H11FN2O3S. The average molecular weight is 294 g/mol. The van der Waals surface area contributed by atoms with Crippen LogP contribution in [0.3, 0.4) is 0 Å². The maximum atomic E-state index is 13.6. The molecule has 1 aromatic carbocycles. The van der Waals surface area contributed by atoms with Gasteiger partial charge in [0.1, 0.15) is 11.3 Å². The molecule has 5 nitrogen and oxygen atoms in total. The summed E-state index contributed by atoms with van der Waals surface area (Å²) in [7, 11) is -4.01. The Balaban J connectivity index is 2.09. The fourth-order valence-electron chi connectivity index (χ4n) is 1.96. The minimum atomic E-state index is -4.01. The number of nitrogens with one attached hydrogen (secondary N) is 1. The van der Waals surface area contributed by atoms with Gasteiger partial charge in [-0.3, -0.25) is 9.78 Å². The first kappa shape index (κ1) is 13.0. The van der Waals surface area contributed by atoms with E-state index >= 15 is 0 Å². The van der Waals surface area contributed by atoms with Crippen LogP contribution < -0.4 is 4.72 Å². The van der Waals surface area contributed by atoms with E-state index in [-0.39, 0.29) is 21.7 Å². The third-order valence-corrected chi connectivity index (χ3v) is 4.56. The number of nitrogens with zero attached hydrogens (tertiary/aromatic N) is 1. The second kappa shape index (κ2) is 4.52. The smallest absolute Gasteiger partial charge is 0.264 e. The standard InChI is InChI=1S/C13H11FN2O3S/c14-10-5-6-11(9-2-1-7-15-12(9)10)20(18,19)16-13(17)8-3-4-8/h1-2,5-8H,3-4H2,(H,16,17). The highest BCUT2D eigenvalue weighted by Gasteiger charge is 2.33. The van der Waals surface area contributed by atoms with Crippen LogP contribution in [0.15, 0.2) is 35.4 Å². The van der Waals surface area contributed by atoms with Gasteiger partial charge in [-0.05, 0) is 37.1 Å². The van der Waals surface area contributed by atoms with Gasteiger partial charge >= 0.3 is 0 Å². The molecule has 0 spiro atoms. The number of sulfonamides is 1. The molecule has 0 saturated heterocycles. The summed E-state index contributed by atoms with van der Waals surface area (Å²) >= 11 is 0. The highest BCUT2D eigenvalue weighted by molar-refractivity contribution is 7.90. The number of benzene rings is 1. The second-order valence-electron chi connectivity index (χ2n) is 4.69. The van der Waals surface area contributed by atoms with E-state index < -0.39 is 21.7 Å². The van der Waals surface area contributed by atoms with E-state index in [0.29, 0.717) is 12.8 Å². The summed E-state index contributed by atoms with van der Waals surface area (Å²) in [5.41, 5.74) is -0.0331. The number of hydrogen-bond acceptors (Lipinski definition) is 4. The number of rotatable bonds is 3. The molecule has 1 N–H and O–H groups in total. The Bertz CT molecular complexity index is 800. The summed E-state index contributed by atoms with van der Waals surface area (Å²) < 4.78 is 40.1. The van der Waals surface area contributed by atoms with E-state index in [1.807, 2.05) is 4.72 Å². The molecule has 7 heteroatoms. The van der Waals surface area contributed by atoms with Gasteiger partial charge in [-0.2, -0.15) is 0 Å². The van der Waals surface area contributed by atoms with Crippen molar-refractivity contribution in [3.05, 3.63) is 36.3 Å². The highest BCUT2D eigenvalue weighted by atomic mass is 32.2. The lowest BCUT2D eigenvalue weighted by Crippen LogP contribution is -2.31. The topological polar surface area (TPSA) is 76.1 Å². The minimum Gasteiger partial charge on any atom is -0.274 e. The van der Waals surface area contributed by atoms with Crippen molar-refractivity contribution in [1.82, 2.24) is 9.71 Å². The Labute approximate surface area is 114 Å². The predicted octanol–water partition coefficient (Wildman–Crippen LogP) is 1.59. The van der Waals surface area contributed by atoms with Crippen LogP contribution in [0, 0.1) is 11.7 Å². The van der Waals surface area contributed by atoms with E-state index in [4.69, 9.17) is 0 Å². The number of carbonyl (C=O) groups is 1. The third-order valence-electron chi connectivity index (χ3n) is 3.15. The van der Waals surface area contributed by atoms with Gasteiger partial charge in [-0.1, -0.05) is 0 Å². The summed E-state index contributed by atoms with van der Waals surface area (Å²) in [6, 6.07) is 5.15. The molecule has 0 atom stereocenters. The van der Waals surface area contributed by atoms with Gasteiger partial charge in [0, 0.05) is 17.5 Å². The number of halogens is 1. The van der Waals surface area contributed by atoms with E-state index in [2.05, 4.69) is 4.98 Å². The van der Waals surface area contributed by atoms with Crippen LogP contribution >= 0.6 is 0 Å². The van der Waals surface area contributed by atoms with Crippen LogP contribution in [-0.2, 0) is 14.8 Å². The average Bonchev–Trinajstić information content (AvgIpc) is 3.23. The van der Waals surface area contributed by atoms with Crippen molar-refractivity contribution in [2.24, 2.45) is 5.92 Å². The summed E-state index contributed by atoms with van der Waals surface area (Å²) in [5, 5.41) is 0.156. The van der Waals surface area contributed by atoms with Crippen LogP contribution in [0.5, 0.6) is 0 Å². The van der Waals surface area contributed by atoms with Crippen molar-refractivity contribution < 1.29 is 17.6 Å². The van der Waals surface area contributed by atoms with Gasteiger partial charge in [0.2, 0.25) is 5.91 Å². The van der Waals surface area contributed by atoms with E-state index in [0.717, 1.165) is 12.1 Å². The number of fused-ring (bicyclic) bond motifs is 1. The Kier molecular flexibility index (Phi) is 2.93. The normalized spacial score (nSPS) is 15.2. The molecule has 1 saturated carbocycles. The summed E-state index contributed by atoms with van der Waals surface area (Å²) in [5.74, 6) is -1.34. The summed E-state index contributed by atoms with van der Waals surface area (Å²) in [6.45, 7) is 0. The maximum absolute atomic E-state index is 13.6. The number of hydrogen-bond donors (Lipinski definition) is 1. The molecular weight excluding hydrogens is 283 g/mol. The van der Waals surface area contributed by atoms with Crippen LogP contribution in [0.4, 0.5) is 4.39 Å². The third kappa shape index (κ3) is 2.24. The second-order valence-corrected chi connectivity index (χ2v) is 6.34. The molecule has 104 valence electrons. The zero-order chi connectivity index (χ0) is 14.3. The maximum Gasteiger partial charge on any atom is 0.264 e. The van der Waals surface area contributed by atoms with Crippen molar-refractivity contribution in [1.29, 1.82) is 0 Å². The van der Waals surface area contributed by atoms with Crippen LogP contribution in [0.1, 0.15) is 12.8 Å². The molecule has 3 rings (SSSR count). The van der Waals surface area contributed by atoms with Crippen LogP contribution in [0.25, 0.3) is 10.9 Å². The van der Waals surface area contributed by atoms with Gasteiger partial charge in [0.25, 0.3) is 10.0 Å². The van der Waals surface area contributed by atoms with Gasteiger partial charge in [0.05, 0.1) is 4.90 Å². The van der Waals surface area contributed by atoms with E-state index in [1.165, 1.54) is 18.3 Å². The van der Waals surface area contributed by atoms with Gasteiger partial charge in [0.15, 0.2) is 0 Å². The Morgan fingerprint density at radius 3 is 2.75 bits per heavy atom. The lowest BCUT2D eigenvalue weighted by Gasteiger charge is -2.09. The lowest BCUT2D eigenvalue weighted by atomic mass is 10.2. The lowest BCUT2D eigenvalue weighted by molar-refractivity contribution is -0.120. The first-order valence-electron chi connectivity index (χ1n) is 6.09. The molecule has 0 unspecified atom stereocenters. The molecule has 1 aromatic heterocycles. The van der Waals surface area contributed by atoms with Crippen molar-refractivity contribution in [2.75, 3.05) is 0 Å². The number of amides is 1. The highest BCUT2D eigenvalue weighted by Crippen LogP contribution is 2.30. The fraction of sp³-hybridized carbons (Fsp3) is 0.231. The monoisotopic (exact) mass is 294 g/mol. The van der Waals surface area contributed by atoms with E-state index in [1.54, 1.807) is 0 Å². The largest absolute Gasteiger partial charge is 0.274 e. The summed E-state index contributed by atoms with van der Waals surface area (Å²) in [6.07, 6.45) is 2.78. The number of carbonyl (C=O) groups excluding carboxylic acids is 1. The van der Waals surface area contributed by atoms with E-state index in [9.17, 15) is 17.6 Å². The van der Waals surface area contributed by atoms with Crippen molar-refractivity contribution >= 4 is 26.8 Å². The molecule has 1 amide bonds. The Morgan fingerprint density at radius 2 is 2.05 bits per heavy atom. The van der Waals surface area contributed by atoms with Gasteiger partial charge < -0.3 is 0 Å². The first-order chi connectivity index (χ1) is 9.49. The summed E-state index contributed by atoms with van der Waals surface area (Å²) in [4.78, 5) is 15.3. The van der Waals surface area contributed by atoms with Gasteiger partial charge in [-0.15, -0.1) is 0 Å². The minimum absolute atomic E-state index is 0.0331. The molecule has 2 aromatic rings. The molecule has 0 radical (unpaired) electrons. The molecule has 1 fully saturated rings. The molecule has 1 heterocycles. The molecule has 1 aliphatic carbocycles. The zero-order valence-corrected chi connectivity index (χ0v) is 11.2. The van der Waals surface area contributed by atoms with Crippen molar-refractivity contribution in [3.63, 3.8) is 0 Å². The first-order valence-corrected chi connectivity index (χ1v) is 7.57. The van der Waals surface area contributed by atoms with Crippen molar-refractivity contribution in [3.8, 4) is 0 Å². The zero-order valence-electron chi connectivity index (χ0n) is 10.3. The van der Waals surface area contributed by atoms with Crippen molar-refractivity contribution in [2.45, 2.75) is 17.7 Å². The molecule has 0 bridgehead atoms. The Morgan fingerprint density at radius 1 is 1.30 bits per heavy atom. The molecule has 1 aliphatic rings. The predicted molar refractivity (Wildman–Crippen MR) is 69.8 cm³/mol. The Hall–Kier alpha value is -2.02. The number of pyridine rings is 1. The van der Waals surface area contributed by atoms with Gasteiger partial charge in [-0.25, -0.2) is 17.5 Å². The SMILES string of the molecule is O=C(NS(=O)(=O)c1ccc(F)c2ncccc12)C1CC1. The number of aromatic nitrogens is 1. The van der Waals surface area contributed by atoms with Crippen LogP contribution in [0.2, 0.25) is 0 Å². The fourth-order valence-corrected chi connectivity index (χ4v) is 3.21. The quantitative estimate of drug-likeness (QED) is 0.932. The van der Waals surface area contributed by atoms with Crippen LogP contribution in [-0.4, -0.2) is 19.3 Å². The molecule has 0 aliphatic heterocycles.